The van der Waals surface area contributed by atoms with Gasteiger partial charge in [-0.1, -0.05) is 23.8 Å². The lowest BCUT2D eigenvalue weighted by Gasteiger charge is -2.20. The van der Waals surface area contributed by atoms with E-state index in [0.29, 0.717) is 0 Å². The predicted molar refractivity (Wildman–Crippen MR) is 109 cm³/mol. The van der Waals surface area contributed by atoms with Gasteiger partial charge in [-0.25, -0.2) is 17.2 Å². The summed E-state index contributed by atoms with van der Waals surface area (Å²) in [5.74, 6) is -2.03. The van der Waals surface area contributed by atoms with Gasteiger partial charge in [0.15, 0.2) is 0 Å². The molecule has 1 amide bonds. The molecule has 0 saturated heterocycles. The van der Waals surface area contributed by atoms with Crippen LogP contribution in [0.5, 0.6) is 0 Å². The third-order valence-corrected chi connectivity index (χ3v) is 7.01. The molecule has 1 heterocycles. The lowest BCUT2D eigenvalue weighted by molar-refractivity contribution is 0.0955. The SMILES string of the molecule is Cc1ccc(S(=O)(=O)N(C)c2ccsc2C(=O)NCc2ccc(F)cc2F)cc1. The number of benzene rings is 2. The summed E-state index contributed by atoms with van der Waals surface area (Å²) in [6.07, 6.45) is 0. The number of halogens is 2. The number of anilines is 1. The Balaban J connectivity index is 1.80. The Labute approximate surface area is 171 Å². The summed E-state index contributed by atoms with van der Waals surface area (Å²) in [4.78, 5) is 12.9. The summed E-state index contributed by atoms with van der Waals surface area (Å²) >= 11 is 1.07. The molecule has 0 aliphatic carbocycles. The second-order valence-corrected chi connectivity index (χ2v) is 9.22. The molecule has 3 rings (SSSR count). The van der Waals surface area contributed by atoms with E-state index in [2.05, 4.69) is 5.32 Å². The van der Waals surface area contributed by atoms with Gasteiger partial charge in [0.25, 0.3) is 15.9 Å². The molecule has 1 aromatic heterocycles. The smallest absolute Gasteiger partial charge is 0.264 e. The summed E-state index contributed by atoms with van der Waals surface area (Å²) in [6.45, 7) is 1.70. The number of hydrogen-bond donors (Lipinski definition) is 1. The molecule has 2 aromatic carbocycles. The molecule has 5 nitrogen and oxygen atoms in total. The maximum Gasteiger partial charge on any atom is 0.264 e. The number of sulfonamides is 1. The van der Waals surface area contributed by atoms with Gasteiger partial charge in [0.05, 0.1) is 10.6 Å². The average Bonchev–Trinajstić information content (AvgIpc) is 3.16. The summed E-state index contributed by atoms with van der Waals surface area (Å²) < 4.78 is 53.6. The third-order valence-electron chi connectivity index (χ3n) is 4.32. The van der Waals surface area contributed by atoms with Crippen LogP contribution in [0.4, 0.5) is 14.5 Å². The number of hydrogen-bond acceptors (Lipinski definition) is 4. The molecule has 0 bridgehead atoms. The number of rotatable bonds is 6. The van der Waals surface area contributed by atoms with Gasteiger partial charge in [0.2, 0.25) is 0 Å². The van der Waals surface area contributed by atoms with Crippen molar-refractivity contribution in [3.63, 3.8) is 0 Å². The Bertz CT molecular complexity index is 1140. The predicted octanol–water partition coefficient (Wildman–Crippen LogP) is 4.09. The van der Waals surface area contributed by atoms with Crippen LogP contribution < -0.4 is 9.62 Å². The maximum atomic E-state index is 13.7. The Morgan fingerprint density at radius 2 is 1.79 bits per heavy atom. The minimum Gasteiger partial charge on any atom is -0.347 e. The van der Waals surface area contributed by atoms with Crippen LogP contribution in [-0.4, -0.2) is 21.4 Å². The Morgan fingerprint density at radius 1 is 1.10 bits per heavy atom. The first-order valence-electron chi connectivity index (χ1n) is 8.55. The standard InChI is InChI=1S/C20H18F2N2O3S2/c1-13-3-7-16(8-4-13)29(26,27)24(2)18-9-10-28-19(18)20(25)23-12-14-5-6-15(21)11-17(14)22/h3-11H,12H2,1-2H3,(H,23,25). The van der Waals surface area contributed by atoms with Crippen LogP contribution in [0.25, 0.3) is 0 Å². The van der Waals surface area contributed by atoms with Crippen molar-refractivity contribution in [2.45, 2.75) is 18.4 Å². The highest BCUT2D eigenvalue weighted by molar-refractivity contribution is 7.92. The van der Waals surface area contributed by atoms with Crippen LogP contribution in [0.15, 0.2) is 58.8 Å². The summed E-state index contributed by atoms with van der Waals surface area (Å²) in [5, 5.41) is 4.14. The van der Waals surface area contributed by atoms with Gasteiger partial charge in [-0.05, 0) is 36.6 Å². The maximum absolute atomic E-state index is 13.7. The van der Waals surface area contributed by atoms with Crippen molar-refractivity contribution in [1.29, 1.82) is 0 Å². The molecule has 0 aliphatic heterocycles. The number of nitrogens with one attached hydrogen (secondary N) is 1. The highest BCUT2D eigenvalue weighted by atomic mass is 32.2. The molecule has 0 radical (unpaired) electrons. The van der Waals surface area contributed by atoms with Gasteiger partial charge >= 0.3 is 0 Å². The second-order valence-electron chi connectivity index (χ2n) is 6.34. The Morgan fingerprint density at radius 3 is 2.45 bits per heavy atom. The largest absolute Gasteiger partial charge is 0.347 e. The van der Waals surface area contributed by atoms with Gasteiger partial charge < -0.3 is 5.32 Å². The lowest BCUT2D eigenvalue weighted by Crippen LogP contribution is -2.29. The van der Waals surface area contributed by atoms with Crippen LogP contribution in [-0.2, 0) is 16.6 Å². The van der Waals surface area contributed by atoms with E-state index in [9.17, 15) is 22.0 Å². The molecule has 9 heteroatoms. The monoisotopic (exact) mass is 436 g/mol. The molecule has 1 N–H and O–H groups in total. The van der Waals surface area contributed by atoms with Gasteiger partial charge in [-0.3, -0.25) is 9.10 Å². The van der Waals surface area contributed by atoms with Crippen molar-refractivity contribution in [3.8, 4) is 0 Å². The molecule has 152 valence electrons. The normalized spacial score (nSPS) is 11.3. The molecule has 0 aliphatic rings. The fourth-order valence-corrected chi connectivity index (χ4v) is 4.74. The summed E-state index contributed by atoms with van der Waals surface area (Å²) in [5.41, 5.74) is 1.27. The van der Waals surface area contributed by atoms with Crippen molar-refractivity contribution in [2.24, 2.45) is 0 Å². The van der Waals surface area contributed by atoms with Crippen molar-refractivity contribution >= 4 is 33.0 Å². The molecule has 0 fully saturated rings. The van der Waals surface area contributed by atoms with Crippen molar-refractivity contribution in [1.82, 2.24) is 5.32 Å². The Hall–Kier alpha value is -2.78. The number of carbonyl (C=O) groups is 1. The van der Waals surface area contributed by atoms with E-state index in [1.165, 1.54) is 31.3 Å². The molecule has 0 atom stereocenters. The molecule has 0 unspecified atom stereocenters. The first-order chi connectivity index (χ1) is 13.7. The second kappa shape index (κ2) is 8.30. The van der Waals surface area contributed by atoms with Crippen LogP contribution in [0, 0.1) is 18.6 Å². The molecule has 29 heavy (non-hydrogen) atoms. The Kier molecular flexibility index (Phi) is 5.99. The first-order valence-corrected chi connectivity index (χ1v) is 10.9. The molecule has 3 aromatic rings. The summed E-state index contributed by atoms with van der Waals surface area (Å²) in [7, 11) is -2.49. The average molecular weight is 437 g/mol. The van der Waals surface area contributed by atoms with Crippen molar-refractivity contribution < 1.29 is 22.0 Å². The highest BCUT2D eigenvalue weighted by Gasteiger charge is 2.26. The van der Waals surface area contributed by atoms with E-state index in [4.69, 9.17) is 0 Å². The minimum absolute atomic E-state index is 0.108. The molecular formula is C20H18F2N2O3S2. The van der Waals surface area contributed by atoms with Gasteiger partial charge in [-0.15, -0.1) is 11.3 Å². The first kappa shape index (κ1) is 20.9. The van der Waals surface area contributed by atoms with Crippen LogP contribution >= 0.6 is 11.3 Å². The van der Waals surface area contributed by atoms with Crippen molar-refractivity contribution in [3.05, 3.63) is 81.5 Å². The number of carbonyl (C=O) groups excluding carboxylic acids is 1. The molecule has 0 saturated carbocycles. The van der Waals surface area contributed by atoms with E-state index in [1.807, 2.05) is 6.92 Å². The molecule has 0 spiro atoms. The number of thiophene rings is 1. The summed E-state index contributed by atoms with van der Waals surface area (Å²) in [6, 6.07) is 11.0. The van der Waals surface area contributed by atoms with Gasteiger partial charge in [0, 0.05) is 25.2 Å². The fraction of sp³-hybridized carbons (Fsp3) is 0.150. The zero-order valence-electron chi connectivity index (χ0n) is 15.6. The zero-order chi connectivity index (χ0) is 21.2. The number of amides is 1. The minimum atomic E-state index is -3.85. The van der Waals surface area contributed by atoms with E-state index in [1.54, 1.807) is 17.5 Å². The van der Waals surface area contributed by atoms with E-state index in [0.717, 1.165) is 33.3 Å². The third kappa shape index (κ3) is 4.46. The van der Waals surface area contributed by atoms with Crippen molar-refractivity contribution in [2.75, 3.05) is 11.4 Å². The topological polar surface area (TPSA) is 66.5 Å². The van der Waals surface area contributed by atoms with E-state index >= 15 is 0 Å². The lowest BCUT2D eigenvalue weighted by atomic mass is 10.2. The fourth-order valence-electron chi connectivity index (χ4n) is 2.64. The molecular weight excluding hydrogens is 418 g/mol. The van der Waals surface area contributed by atoms with Crippen LogP contribution in [0.3, 0.4) is 0 Å². The number of nitrogens with zero attached hydrogens (tertiary/aromatic N) is 1. The van der Waals surface area contributed by atoms with Gasteiger partial charge in [-0.2, -0.15) is 0 Å². The van der Waals surface area contributed by atoms with Crippen LogP contribution in [0.2, 0.25) is 0 Å². The zero-order valence-corrected chi connectivity index (χ0v) is 17.3. The van der Waals surface area contributed by atoms with Gasteiger partial charge in [0.1, 0.15) is 16.5 Å². The van der Waals surface area contributed by atoms with Crippen LogP contribution in [0.1, 0.15) is 20.8 Å². The van der Waals surface area contributed by atoms with E-state index in [-0.39, 0.29) is 27.6 Å². The van der Waals surface area contributed by atoms with E-state index < -0.39 is 27.6 Å². The highest BCUT2D eigenvalue weighted by Crippen LogP contribution is 2.30. The quantitative estimate of drug-likeness (QED) is 0.633. The number of aryl methyl sites for hydroxylation is 1.